The molecule has 0 saturated heterocycles. The van der Waals surface area contributed by atoms with Crippen molar-refractivity contribution in [1.82, 2.24) is 4.72 Å². The van der Waals surface area contributed by atoms with E-state index in [-0.39, 0.29) is 10.1 Å². The molecule has 1 unspecified atom stereocenters. The van der Waals surface area contributed by atoms with Crippen molar-refractivity contribution in [3.63, 3.8) is 0 Å². The van der Waals surface area contributed by atoms with Crippen LogP contribution in [-0.4, -0.2) is 15.0 Å². The van der Waals surface area contributed by atoms with Gasteiger partial charge in [0, 0.05) is 12.5 Å². The molecule has 1 aromatic heterocycles. The number of rotatable bonds is 4. The van der Waals surface area contributed by atoms with Gasteiger partial charge in [0.15, 0.2) is 0 Å². The SMILES string of the molecule is N#Cc1ccc(S(=O)(=O)NCC2Cc3ccccc32)s1. The molecular weight excluding hydrogens is 292 g/mol. The first kappa shape index (κ1) is 13.3. The lowest BCUT2D eigenvalue weighted by Crippen LogP contribution is -2.32. The van der Waals surface area contributed by atoms with Crippen LogP contribution >= 0.6 is 11.3 Å². The molecule has 0 spiro atoms. The van der Waals surface area contributed by atoms with Crippen LogP contribution in [0.4, 0.5) is 0 Å². The van der Waals surface area contributed by atoms with Crippen LogP contribution < -0.4 is 4.72 Å². The summed E-state index contributed by atoms with van der Waals surface area (Å²) < 4.78 is 27.0. The van der Waals surface area contributed by atoms with Crippen molar-refractivity contribution in [3.05, 3.63) is 52.4 Å². The number of sulfonamides is 1. The summed E-state index contributed by atoms with van der Waals surface area (Å²) in [4.78, 5) is 0.402. The van der Waals surface area contributed by atoms with Gasteiger partial charge >= 0.3 is 0 Å². The fourth-order valence-electron chi connectivity index (χ4n) is 2.35. The second kappa shape index (κ2) is 5.02. The quantitative estimate of drug-likeness (QED) is 0.941. The van der Waals surface area contributed by atoms with E-state index in [0.29, 0.717) is 11.4 Å². The standard InChI is InChI=1S/C14H12N2O2S2/c15-8-12-5-6-14(19-12)20(17,18)16-9-11-7-10-3-1-2-4-13(10)11/h1-6,11,16H,7,9H2. The maximum Gasteiger partial charge on any atom is 0.250 e. The van der Waals surface area contributed by atoms with Crippen LogP contribution in [0.2, 0.25) is 0 Å². The molecule has 0 bridgehead atoms. The van der Waals surface area contributed by atoms with Crippen molar-refractivity contribution in [2.45, 2.75) is 16.5 Å². The van der Waals surface area contributed by atoms with Gasteiger partial charge in [0.1, 0.15) is 15.2 Å². The second-order valence-electron chi connectivity index (χ2n) is 4.68. The molecule has 1 aliphatic carbocycles. The van der Waals surface area contributed by atoms with Gasteiger partial charge in [-0.05, 0) is 29.7 Å². The smallest absolute Gasteiger partial charge is 0.210 e. The minimum atomic E-state index is -3.51. The summed E-state index contributed by atoms with van der Waals surface area (Å²) in [6.45, 7) is 0.402. The van der Waals surface area contributed by atoms with Crippen LogP contribution in [0.25, 0.3) is 0 Å². The van der Waals surface area contributed by atoms with Crippen LogP contribution in [0.15, 0.2) is 40.6 Å². The third-order valence-corrected chi connectivity index (χ3v) is 6.34. The van der Waals surface area contributed by atoms with Crippen molar-refractivity contribution < 1.29 is 8.42 Å². The number of nitrogens with one attached hydrogen (secondary N) is 1. The van der Waals surface area contributed by atoms with E-state index in [2.05, 4.69) is 10.8 Å². The molecular formula is C14H12N2O2S2. The number of benzene rings is 1. The van der Waals surface area contributed by atoms with E-state index in [1.165, 1.54) is 23.3 Å². The highest BCUT2D eigenvalue weighted by Crippen LogP contribution is 2.34. The van der Waals surface area contributed by atoms with E-state index >= 15 is 0 Å². The highest BCUT2D eigenvalue weighted by atomic mass is 32.2. The van der Waals surface area contributed by atoms with E-state index in [4.69, 9.17) is 5.26 Å². The summed E-state index contributed by atoms with van der Waals surface area (Å²) in [6.07, 6.45) is 0.909. The molecule has 0 radical (unpaired) electrons. The lowest BCUT2D eigenvalue weighted by Gasteiger charge is -2.29. The van der Waals surface area contributed by atoms with Crippen LogP contribution in [0.5, 0.6) is 0 Å². The summed E-state index contributed by atoms with van der Waals surface area (Å²) in [7, 11) is -3.51. The van der Waals surface area contributed by atoms with Gasteiger partial charge in [-0.25, -0.2) is 13.1 Å². The molecule has 6 heteroatoms. The van der Waals surface area contributed by atoms with Crippen LogP contribution in [-0.2, 0) is 16.4 Å². The molecule has 1 heterocycles. The number of nitriles is 1. The largest absolute Gasteiger partial charge is 0.250 e. The molecule has 0 aliphatic heterocycles. The van der Waals surface area contributed by atoms with Crippen molar-refractivity contribution in [3.8, 4) is 6.07 Å². The fraction of sp³-hybridized carbons (Fsp3) is 0.214. The topological polar surface area (TPSA) is 70.0 Å². The molecule has 0 saturated carbocycles. The lowest BCUT2D eigenvalue weighted by atomic mass is 9.78. The first-order valence-corrected chi connectivity index (χ1v) is 8.47. The number of nitrogens with zero attached hydrogens (tertiary/aromatic N) is 1. The highest BCUT2D eigenvalue weighted by Gasteiger charge is 2.27. The van der Waals surface area contributed by atoms with Gasteiger partial charge < -0.3 is 0 Å². The predicted molar refractivity (Wildman–Crippen MR) is 77.1 cm³/mol. The predicted octanol–water partition coefficient (Wildman–Crippen LogP) is 2.24. The van der Waals surface area contributed by atoms with Gasteiger partial charge in [-0.3, -0.25) is 0 Å². The van der Waals surface area contributed by atoms with Crippen LogP contribution in [0.1, 0.15) is 21.9 Å². The zero-order valence-corrected chi connectivity index (χ0v) is 12.2. The van der Waals surface area contributed by atoms with E-state index in [0.717, 1.165) is 17.8 Å². The Morgan fingerprint density at radius 3 is 2.80 bits per heavy atom. The molecule has 0 amide bonds. The molecule has 0 fully saturated rings. The molecule has 1 N–H and O–H groups in total. The van der Waals surface area contributed by atoms with Gasteiger partial charge in [-0.1, -0.05) is 24.3 Å². The molecule has 3 rings (SSSR count). The second-order valence-corrected chi connectivity index (χ2v) is 7.76. The maximum absolute atomic E-state index is 12.1. The Hall–Kier alpha value is -1.68. The van der Waals surface area contributed by atoms with E-state index in [9.17, 15) is 8.42 Å². The third kappa shape index (κ3) is 2.36. The number of hydrogen-bond acceptors (Lipinski definition) is 4. The Balaban J connectivity index is 1.69. The lowest BCUT2D eigenvalue weighted by molar-refractivity contribution is 0.553. The fourth-order valence-corrected chi connectivity index (χ4v) is 4.58. The summed E-state index contributed by atoms with van der Waals surface area (Å²) >= 11 is 0.991. The maximum atomic E-state index is 12.1. The monoisotopic (exact) mass is 304 g/mol. The Bertz CT molecular complexity index is 788. The zero-order valence-electron chi connectivity index (χ0n) is 10.5. The van der Waals surface area contributed by atoms with Crippen molar-refractivity contribution >= 4 is 21.4 Å². The summed E-state index contributed by atoms with van der Waals surface area (Å²) in [5, 5.41) is 8.74. The van der Waals surface area contributed by atoms with Gasteiger partial charge in [0.25, 0.3) is 0 Å². The summed E-state index contributed by atoms with van der Waals surface area (Å²) in [6, 6.07) is 13.0. The van der Waals surface area contributed by atoms with Crippen LogP contribution in [0, 0.1) is 11.3 Å². The number of thiophene rings is 1. The third-order valence-electron chi connectivity index (χ3n) is 3.44. The van der Waals surface area contributed by atoms with E-state index in [1.807, 2.05) is 24.3 Å². The Morgan fingerprint density at radius 2 is 2.10 bits per heavy atom. The molecule has 1 aromatic carbocycles. The number of fused-ring (bicyclic) bond motifs is 1. The number of hydrogen-bond donors (Lipinski definition) is 1. The normalized spacial score (nSPS) is 17.1. The minimum Gasteiger partial charge on any atom is -0.210 e. The molecule has 20 heavy (non-hydrogen) atoms. The van der Waals surface area contributed by atoms with Crippen molar-refractivity contribution in [2.24, 2.45) is 0 Å². The van der Waals surface area contributed by atoms with Crippen molar-refractivity contribution in [2.75, 3.05) is 6.54 Å². The minimum absolute atomic E-state index is 0.196. The first-order valence-electron chi connectivity index (χ1n) is 6.17. The van der Waals surface area contributed by atoms with Gasteiger partial charge in [0.05, 0.1) is 0 Å². The summed E-state index contributed by atoms with van der Waals surface area (Å²) in [5.41, 5.74) is 2.51. The van der Waals surface area contributed by atoms with Crippen LogP contribution in [0.3, 0.4) is 0 Å². The van der Waals surface area contributed by atoms with Gasteiger partial charge in [-0.2, -0.15) is 5.26 Å². The molecule has 1 atom stereocenters. The molecule has 2 aromatic rings. The van der Waals surface area contributed by atoms with Gasteiger partial charge in [0.2, 0.25) is 10.0 Å². The molecule has 102 valence electrons. The Morgan fingerprint density at radius 1 is 1.30 bits per heavy atom. The average molecular weight is 304 g/mol. The molecule has 1 aliphatic rings. The Labute approximate surface area is 121 Å². The van der Waals surface area contributed by atoms with E-state index < -0.39 is 10.0 Å². The summed E-state index contributed by atoms with van der Waals surface area (Å²) in [5.74, 6) is 0.247. The zero-order chi connectivity index (χ0) is 14.2. The first-order chi connectivity index (χ1) is 9.60. The van der Waals surface area contributed by atoms with Crippen molar-refractivity contribution in [1.29, 1.82) is 5.26 Å². The highest BCUT2D eigenvalue weighted by molar-refractivity contribution is 7.91. The van der Waals surface area contributed by atoms with Gasteiger partial charge in [-0.15, -0.1) is 11.3 Å². The average Bonchev–Trinajstić information content (AvgIpc) is 2.89. The molecule has 4 nitrogen and oxygen atoms in total. The Kier molecular flexibility index (Phi) is 3.34. The van der Waals surface area contributed by atoms with E-state index in [1.54, 1.807) is 0 Å².